The van der Waals surface area contributed by atoms with E-state index in [1.165, 1.54) is 25.7 Å². The molecule has 136 valence electrons. The van der Waals surface area contributed by atoms with Crippen molar-refractivity contribution in [3.63, 3.8) is 0 Å². The predicted octanol–water partition coefficient (Wildman–Crippen LogP) is 1.71. The normalized spacial score (nSPS) is 25.9. The molecule has 1 unspecified atom stereocenters. The van der Waals surface area contributed by atoms with Crippen molar-refractivity contribution in [1.29, 1.82) is 0 Å². The topological polar surface area (TPSA) is 57.0 Å². The van der Waals surface area contributed by atoms with Crippen LogP contribution in [0.15, 0.2) is 22.8 Å². The van der Waals surface area contributed by atoms with Crippen LogP contribution in [0.2, 0.25) is 0 Å². The third-order valence-electron chi connectivity index (χ3n) is 5.96. The Labute approximate surface area is 148 Å². The number of nitrogens with zero attached hydrogens (tertiary/aromatic N) is 3. The number of hydrogen-bond donors (Lipinski definition) is 0. The van der Waals surface area contributed by atoms with Crippen LogP contribution in [0, 0.1) is 5.92 Å². The molecular formula is C19H27N3O3. The molecular weight excluding hydrogens is 318 g/mol. The van der Waals surface area contributed by atoms with Crippen molar-refractivity contribution in [3.8, 4) is 0 Å². The number of furan rings is 1. The molecule has 0 radical (unpaired) electrons. The lowest BCUT2D eigenvalue weighted by atomic mass is 10.1. The van der Waals surface area contributed by atoms with Crippen LogP contribution in [-0.4, -0.2) is 65.3 Å². The minimum Gasteiger partial charge on any atom is -0.467 e. The van der Waals surface area contributed by atoms with Crippen LogP contribution >= 0.6 is 0 Å². The van der Waals surface area contributed by atoms with Gasteiger partial charge in [0.2, 0.25) is 11.8 Å². The van der Waals surface area contributed by atoms with E-state index in [0.29, 0.717) is 19.5 Å². The fourth-order valence-electron chi connectivity index (χ4n) is 4.52. The molecule has 1 atom stereocenters. The molecule has 0 aromatic carbocycles. The lowest BCUT2D eigenvalue weighted by Crippen LogP contribution is -2.52. The summed E-state index contributed by atoms with van der Waals surface area (Å²) in [5.74, 6) is 0.785. The van der Waals surface area contributed by atoms with Crippen LogP contribution in [-0.2, 0) is 16.1 Å². The van der Waals surface area contributed by atoms with E-state index in [1.54, 1.807) is 11.2 Å². The lowest BCUT2D eigenvalue weighted by Gasteiger charge is -2.38. The second kappa shape index (κ2) is 7.20. The van der Waals surface area contributed by atoms with Gasteiger partial charge in [-0.2, -0.15) is 0 Å². The van der Waals surface area contributed by atoms with Gasteiger partial charge in [0.05, 0.1) is 18.7 Å². The molecule has 1 aromatic rings. The Morgan fingerprint density at radius 1 is 1.16 bits per heavy atom. The average Bonchev–Trinajstić information content (AvgIpc) is 3.38. The average molecular weight is 345 g/mol. The summed E-state index contributed by atoms with van der Waals surface area (Å²) < 4.78 is 5.32. The Bertz CT molecular complexity index is 601. The van der Waals surface area contributed by atoms with Crippen molar-refractivity contribution >= 4 is 11.8 Å². The van der Waals surface area contributed by atoms with Gasteiger partial charge in [0.25, 0.3) is 0 Å². The Hall–Kier alpha value is -1.82. The van der Waals surface area contributed by atoms with Gasteiger partial charge in [0, 0.05) is 45.2 Å². The molecule has 3 fully saturated rings. The molecule has 0 N–H and O–H groups in total. The first-order valence-electron chi connectivity index (χ1n) is 9.53. The van der Waals surface area contributed by atoms with Gasteiger partial charge in [-0.15, -0.1) is 0 Å². The zero-order valence-corrected chi connectivity index (χ0v) is 14.7. The monoisotopic (exact) mass is 345 g/mol. The van der Waals surface area contributed by atoms with E-state index in [1.807, 2.05) is 17.0 Å². The summed E-state index contributed by atoms with van der Waals surface area (Å²) in [5, 5.41) is 0. The zero-order chi connectivity index (χ0) is 17.2. The largest absolute Gasteiger partial charge is 0.467 e. The van der Waals surface area contributed by atoms with Crippen LogP contribution in [0.3, 0.4) is 0 Å². The molecule has 2 amide bonds. The lowest BCUT2D eigenvalue weighted by molar-refractivity contribution is -0.137. The third-order valence-corrected chi connectivity index (χ3v) is 5.96. The maximum absolute atomic E-state index is 12.8. The summed E-state index contributed by atoms with van der Waals surface area (Å²) in [4.78, 5) is 31.3. The number of piperazine rings is 1. The molecule has 2 aliphatic heterocycles. The van der Waals surface area contributed by atoms with E-state index in [2.05, 4.69) is 4.90 Å². The molecule has 25 heavy (non-hydrogen) atoms. The van der Waals surface area contributed by atoms with Crippen molar-refractivity contribution in [2.24, 2.45) is 5.92 Å². The van der Waals surface area contributed by atoms with Gasteiger partial charge in [-0.3, -0.25) is 14.5 Å². The summed E-state index contributed by atoms with van der Waals surface area (Å²) >= 11 is 0. The molecule has 6 heteroatoms. The molecule has 4 rings (SSSR count). The van der Waals surface area contributed by atoms with Crippen molar-refractivity contribution in [1.82, 2.24) is 14.7 Å². The van der Waals surface area contributed by atoms with Crippen molar-refractivity contribution in [2.45, 2.75) is 44.7 Å². The first-order chi connectivity index (χ1) is 12.2. The van der Waals surface area contributed by atoms with E-state index in [-0.39, 0.29) is 17.7 Å². The van der Waals surface area contributed by atoms with E-state index in [4.69, 9.17) is 4.42 Å². The van der Waals surface area contributed by atoms with Gasteiger partial charge in [0.1, 0.15) is 5.76 Å². The minimum absolute atomic E-state index is 0.0549. The summed E-state index contributed by atoms with van der Waals surface area (Å²) in [6.07, 6.45) is 7.27. The number of carbonyl (C=O) groups is 2. The fourth-order valence-corrected chi connectivity index (χ4v) is 4.52. The van der Waals surface area contributed by atoms with Crippen LogP contribution in [0.1, 0.15) is 37.9 Å². The first-order valence-corrected chi connectivity index (χ1v) is 9.53. The van der Waals surface area contributed by atoms with Gasteiger partial charge in [0.15, 0.2) is 0 Å². The molecule has 0 spiro atoms. The van der Waals surface area contributed by atoms with Crippen molar-refractivity contribution < 1.29 is 14.0 Å². The van der Waals surface area contributed by atoms with Crippen LogP contribution < -0.4 is 0 Å². The van der Waals surface area contributed by atoms with Crippen LogP contribution in [0.25, 0.3) is 0 Å². The maximum atomic E-state index is 12.8. The number of carbonyl (C=O) groups excluding carboxylic acids is 2. The Balaban J connectivity index is 1.29. The number of likely N-dealkylation sites (tertiary alicyclic amines) is 1. The molecule has 6 nitrogen and oxygen atoms in total. The summed E-state index contributed by atoms with van der Waals surface area (Å²) in [6, 6.07) is 4.42. The maximum Gasteiger partial charge on any atom is 0.228 e. The number of hydrogen-bond acceptors (Lipinski definition) is 4. The smallest absolute Gasteiger partial charge is 0.228 e. The van der Waals surface area contributed by atoms with Gasteiger partial charge >= 0.3 is 0 Å². The zero-order valence-electron chi connectivity index (χ0n) is 14.7. The second-order valence-electron chi connectivity index (χ2n) is 7.55. The van der Waals surface area contributed by atoms with E-state index in [0.717, 1.165) is 38.0 Å². The number of amides is 2. The van der Waals surface area contributed by atoms with Gasteiger partial charge < -0.3 is 14.2 Å². The Morgan fingerprint density at radius 3 is 2.60 bits per heavy atom. The standard InChI is InChI=1S/C19H27N3O3/c23-18-12-15(13-22(18)14-17-6-3-11-25-17)19(24)21-9-7-20(8-10-21)16-4-1-2-5-16/h3,6,11,15-16H,1-2,4-5,7-10,12-14H2. The molecule has 3 heterocycles. The number of rotatable bonds is 4. The molecule has 0 bridgehead atoms. The van der Waals surface area contributed by atoms with Crippen molar-refractivity contribution in [3.05, 3.63) is 24.2 Å². The van der Waals surface area contributed by atoms with Gasteiger partial charge in [-0.05, 0) is 25.0 Å². The van der Waals surface area contributed by atoms with Crippen LogP contribution in [0.4, 0.5) is 0 Å². The summed E-state index contributed by atoms with van der Waals surface area (Å²) in [5.41, 5.74) is 0. The summed E-state index contributed by atoms with van der Waals surface area (Å²) in [6.45, 7) is 4.54. The van der Waals surface area contributed by atoms with Gasteiger partial charge in [-0.1, -0.05) is 12.8 Å². The van der Waals surface area contributed by atoms with Gasteiger partial charge in [-0.25, -0.2) is 0 Å². The summed E-state index contributed by atoms with van der Waals surface area (Å²) in [7, 11) is 0. The Kier molecular flexibility index (Phi) is 4.79. The SMILES string of the molecule is O=C1CC(C(=O)N2CCN(C3CCCC3)CC2)CN1Cc1ccco1. The van der Waals surface area contributed by atoms with E-state index in [9.17, 15) is 9.59 Å². The molecule has 1 aromatic heterocycles. The molecule has 3 aliphatic rings. The highest BCUT2D eigenvalue weighted by molar-refractivity contribution is 5.89. The van der Waals surface area contributed by atoms with E-state index >= 15 is 0 Å². The molecule has 2 saturated heterocycles. The van der Waals surface area contributed by atoms with E-state index < -0.39 is 0 Å². The Morgan fingerprint density at radius 2 is 1.92 bits per heavy atom. The minimum atomic E-state index is -0.194. The highest BCUT2D eigenvalue weighted by atomic mass is 16.3. The molecule has 1 saturated carbocycles. The quantitative estimate of drug-likeness (QED) is 0.834. The fraction of sp³-hybridized carbons (Fsp3) is 0.684. The third kappa shape index (κ3) is 3.59. The highest BCUT2D eigenvalue weighted by Gasteiger charge is 2.38. The predicted molar refractivity (Wildman–Crippen MR) is 92.6 cm³/mol. The molecule has 1 aliphatic carbocycles. The van der Waals surface area contributed by atoms with Crippen molar-refractivity contribution in [2.75, 3.05) is 32.7 Å². The van der Waals surface area contributed by atoms with Crippen LogP contribution in [0.5, 0.6) is 0 Å². The highest BCUT2D eigenvalue weighted by Crippen LogP contribution is 2.26. The second-order valence-corrected chi connectivity index (χ2v) is 7.55. The first kappa shape index (κ1) is 16.6.